The van der Waals surface area contributed by atoms with Crippen LogP contribution in [0.15, 0.2) is 18.2 Å². The van der Waals surface area contributed by atoms with Gasteiger partial charge in [-0.05, 0) is 24.1 Å². The van der Waals surface area contributed by atoms with Crippen LogP contribution < -0.4 is 5.73 Å². The van der Waals surface area contributed by atoms with Crippen molar-refractivity contribution in [1.29, 1.82) is 0 Å². The summed E-state index contributed by atoms with van der Waals surface area (Å²) in [5.74, 6) is -1.55. The first kappa shape index (κ1) is 11.0. The Hall–Kier alpha value is -1.03. The fourth-order valence-electron chi connectivity index (χ4n) is 1.39. The van der Waals surface area contributed by atoms with E-state index in [-0.39, 0.29) is 12.1 Å². The first-order valence-electron chi connectivity index (χ1n) is 4.31. The van der Waals surface area contributed by atoms with Crippen LogP contribution >= 0.6 is 0 Å². The number of rotatable bonds is 3. The molecule has 0 aliphatic rings. The largest absolute Gasteiger partial charge is 0.330 e. The summed E-state index contributed by atoms with van der Waals surface area (Å²) in [7, 11) is 0. The lowest BCUT2D eigenvalue weighted by atomic mass is 9.95. The molecule has 78 valence electrons. The fourth-order valence-corrected chi connectivity index (χ4v) is 1.39. The minimum absolute atomic E-state index is 0.179. The average molecular weight is 203 g/mol. The third-order valence-electron chi connectivity index (χ3n) is 2.27. The monoisotopic (exact) mass is 203 g/mol. The van der Waals surface area contributed by atoms with Crippen molar-refractivity contribution < 1.29 is 13.2 Å². The molecule has 0 bridgehead atoms. The molecule has 1 nitrogen and oxygen atoms in total. The van der Waals surface area contributed by atoms with Gasteiger partial charge in [-0.1, -0.05) is 12.1 Å². The molecule has 0 aliphatic carbocycles. The van der Waals surface area contributed by atoms with Crippen LogP contribution in [0.3, 0.4) is 0 Å². The average Bonchev–Trinajstić information content (AvgIpc) is 2.13. The predicted molar refractivity (Wildman–Crippen MR) is 48.9 cm³/mol. The molecule has 0 saturated carbocycles. The van der Waals surface area contributed by atoms with E-state index >= 15 is 0 Å². The van der Waals surface area contributed by atoms with Gasteiger partial charge in [0.1, 0.15) is 5.82 Å². The Bertz CT molecular complexity index is 312. The highest BCUT2D eigenvalue weighted by molar-refractivity contribution is 5.31. The van der Waals surface area contributed by atoms with E-state index in [1.165, 1.54) is 25.1 Å². The van der Waals surface area contributed by atoms with Gasteiger partial charge in [0.2, 0.25) is 6.43 Å². The highest BCUT2D eigenvalue weighted by Gasteiger charge is 2.23. The van der Waals surface area contributed by atoms with Crippen LogP contribution in [0.1, 0.15) is 17.0 Å². The van der Waals surface area contributed by atoms with Crippen molar-refractivity contribution in [3.63, 3.8) is 0 Å². The van der Waals surface area contributed by atoms with Crippen molar-refractivity contribution in [2.75, 3.05) is 6.54 Å². The molecule has 4 heteroatoms. The zero-order valence-electron chi connectivity index (χ0n) is 7.81. The number of halogens is 3. The molecule has 0 fully saturated rings. The topological polar surface area (TPSA) is 26.0 Å². The lowest BCUT2D eigenvalue weighted by molar-refractivity contribution is 0.116. The van der Waals surface area contributed by atoms with Gasteiger partial charge in [0.05, 0.1) is 5.92 Å². The molecule has 0 radical (unpaired) electrons. The summed E-state index contributed by atoms with van der Waals surface area (Å²) in [4.78, 5) is 0. The van der Waals surface area contributed by atoms with E-state index in [1.54, 1.807) is 0 Å². The third kappa shape index (κ3) is 2.07. The van der Waals surface area contributed by atoms with E-state index in [0.717, 1.165) is 0 Å². The van der Waals surface area contributed by atoms with Gasteiger partial charge >= 0.3 is 0 Å². The van der Waals surface area contributed by atoms with Crippen LogP contribution in [-0.2, 0) is 0 Å². The van der Waals surface area contributed by atoms with E-state index in [2.05, 4.69) is 0 Å². The molecule has 0 aliphatic heterocycles. The second-order valence-corrected chi connectivity index (χ2v) is 3.13. The third-order valence-corrected chi connectivity index (χ3v) is 2.27. The minimum atomic E-state index is -2.56. The van der Waals surface area contributed by atoms with E-state index in [4.69, 9.17) is 5.73 Å². The number of alkyl halides is 2. The Morgan fingerprint density at radius 3 is 2.50 bits per heavy atom. The molecule has 1 atom stereocenters. The van der Waals surface area contributed by atoms with Gasteiger partial charge in [-0.15, -0.1) is 0 Å². The van der Waals surface area contributed by atoms with E-state index in [1.807, 2.05) is 0 Å². The van der Waals surface area contributed by atoms with Crippen LogP contribution in [0, 0.1) is 12.7 Å². The molecular formula is C10H12F3N. The second kappa shape index (κ2) is 4.46. The maximum absolute atomic E-state index is 13.1. The molecule has 2 N–H and O–H groups in total. The van der Waals surface area contributed by atoms with Gasteiger partial charge in [0.25, 0.3) is 0 Å². The molecule has 1 aromatic rings. The van der Waals surface area contributed by atoms with Gasteiger partial charge in [0, 0.05) is 6.54 Å². The molecule has 0 spiro atoms. The van der Waals surface area contributed by atoms with E-state index < -0.39 is 18.2 Å². The standard InChI is InChI=1S/C10H12F3N/c1-6-7(3-2-4-9(6)11)8(5-14)10(12)13/h2-4,8,10H,5,14H2,1H3. The Morgan fingerprint density at radius 1 is 1.36 bits per heavy atom. The molecule has 0 heterocycles. The highest BCUT2D eigenvalue weighted by atomic mass is 19.3. The smallest absolute Gasteiger partial charge is 0.246 e. The Balaban J connectivity index is 3.10. The summed E-state index contributed by atoms with van der Waals surface area (Å²) in [6, 6.07) is 4.16. The normalized spacial score (nSPS) is 13.3. The van der Waals surface area contributed by atoms with Gasteiger partial charge in [-0.3, -0.25) is 0 Å². The lowest BCUT2D eigenvalue weighted by Gasteiger charge is -2.16. The molecule has 0 amide bonds. The summed E-state index contributed by atoms with van der Waals surface area (Å²) < 4.78 is 38.0. The SMILES string of the molecule is Cc1c(F)cccc1C(CN)C(F)F. The molecule has 1 rings (SSSR count). The molecule has 1 unspecified atom stereocenters. The first-order valence-corrected chi connectivity index (χ1v) is 4.31. The van der Waals surface area contributed by atoms with Gasteiger partial charge in [0.15, 0.2) is 0 Å². The number of hydrogen-bond donors (Lipinski definition) is 1. The summed E-state index contributed by atoms with van der Waals surface area (Å²) in [5.41, 5.74) is 5.77. The maximum Gasteiger partial charge on any atom is 0.246 e. The van der Waals surface area contributed by atoms with E-state index in [0.29, 0.717) is 5.56 Å². The van der Waals surface area contributed by atoms with Crippen molar-refractivity contribution >= 4 is 0 Å². The molecular weight excluding hydrogens is 191 g/mol. The van der Waals surface area contributed by atoms with Crippen molar-refractivity contribution in [2.24, 2.45) is 5.73 Å². The van der Waals surface area contributed by atoms with E-state index in [9.17, 15) is 13.2 Å². The van der Waals surface area contributed by atoms with Crippen LogP contribution in [0.5, 0.6) is 0 Å². The number of nitrogens with two attached hydrogens (primary N) is 1. The fraction of sp³-hybridized carbons (Fsp3) is 0.400. The highest BCUT2D eigenvalue weighted by Crippen LogP contribution is 2.26. The minimum Gasteiger partial charge on any atom is -0.330 e. The summed E-state index contributed by atoms with van der Waals surface area (Å²) in [6.45, 7) is 1.30. The van der Waals surface area contributed by atoms with Gasteiger partial charge < -0.3 is 5.73 Å². The zero-order valence-corrected chi connectivity index (χ0v) is 7.81. The van der Waals surface area contributed by atoms with Crippen LogP contribution in [0.4, 0.5) is 13.2 Å². The predicted octanol–water partition coefficient (Wildman–Crippen LogP) is 2.44. The summed E-state index contributed by atoms with van der Waals surface area (Å²) in [6.07, 6.45) is -2.56. The molecule has 0 aromatic heterocycles. The Kier molecular flexibility index (Phi) is 3.52. The second-order valence-electron chi connectivity index (χ2n) is 3.13. The van der Waals surface area contributed by atoms with Gasteiger partial charge in [-0.25, -0.2) is 13.2 Å². The van der Waals surface area contributed by atoms with Crippen molar-refractivity contribution in [2.45, 2.75) is 19.3 Å². The van der Waals surface area contributed by atoms with Crippen LogP contribution in [0.2, 0.25) is 0 Å². The number of hydrogen-bond acceptors (Lipinski definition) is 1. The lowest BCUT2D eigenvalue weighted by Crippen LogP contribution is -2.20. The molecule has 1 aromatic carbocycles. The summed E-state index contributed by atoms with van der Waals surface area (Å²) >= 11 is 0. The maximum atomic E-state index is 13.1. The quantitative estimate of drug-likeness (QED) is 0.802. The van der Waals surface area contributed by atoms with Crippen LogP contribution in [0.25, 0.3) is 0 Å². The Morgan fingerprint density at radius 2 is 2.00 bits per heavy atom. The van der Waals surface area contributed by atoms with Crippen molar-refractivity contribution in [1.82, 2.24) is 0 Å². The number of benzene rings is 1. The first-order chi connectivity index (χ1) is 6.57. The zero-order chi connectivity index (χ0) is 10.7. The van der Waals surface area contributed by atoms with Crippen LogP contribution in [-0.4, -0.2) is 13.0 Å². The van der Waals surface area contributed by atoms with Crippen molar-refractivity contribution in [3.8, 4) is 0 Å². The Labute approximate surface area is 80.7 Å². The van der Waals surface area contributed by atoms with Crippen molar-refractivity contribution in [3.05, 3.63) is 35.1 Å². The van der Waals surface area contributed by atoms with Gasteiger partial charge in [-0.2, -0.15) is 0 Å². The molecule has 14 heavy (non-hydrogen) atoms. The summed E-state index contributed by atoms with van der Waals surface area (Å²) in [5, 5.41) is 0. The molecule has 0 saturated heterocycles.